The van der Waals surface area contributed by atoms with Gasteiger partial charge in [0.05, 0.1) is 22.2 Å². The fourth-order valence-corrected chi connectivity index (χ4v) is 14.8. The van der Waals surface area contributed by atoms with Gasteiger partial charge in [-0.1, -0.05) is 206 Å². The molecule has 0 amide bonds. The Morgan fingerprint density at radius 3 is 1.70 bits per heavy atom. The van der Waals surface area contributed by atoms with Gasteiger partial charge in [0, 0.05) is 36.9 Å². The Kier molecular flexibility index (Phi) is 8.62. The molecule has 0 radical (unpaired) electrons. The van der Waals surface area contributed by atoms with Crippen molar-refractivity contribution < 1.29 is 0 Å². The summed E-state index contributed by atoms with van der Waals surface area (Å²) in [5.41, 5.74) is 24.7. The highest BCUT2D eigenvalue weighted by Crippen LogP contribution is 2.69. The molecule has 2 nitrogen and oxygen atoms in total. The van der Waals surface area contributed by atoms with Crippen molar-refractivity contribution in [2.45, 2.75) is 23.7 Å². The van der Waals surface area contributed by atoms with Crippen LogP contribution in [0.15, 0.2) is 237 Å². The van der Waals surface area contributed by atoms with E-state index < -0.39 is 10.8 Å². The quantitative estimate of drug-likeness (QED) is 0.176. The number of aromatic nitrogens is 2. The molecule has 10 aromatic carbocycles. The van der Waals surface area contributed by atoms with Gasteiger partial charge in [0.15, 0.2) is 5.82 Å². The highest BCUT2D eigenvalue weighted by molar-refractivity contribution is 7.25. The molecule has 2 spiro atoms. The maximum absolute atomic E-state index is 5.37. The molecule has 0 N–H and O–H groups in total. The van der Waals surface area contributed by atoms with E-state index in [1.807, 2.05) is 11.3 Å². The third kappa shape index (κ3) is 5.58. The Hall–Kier alpha value is -8.76. The summed E-state index contributed by atoms with van der Waals surface area (Å²) in [6, 6.07) is 86.7. The Morgan fingerprint density at radius 1 is 0.370 bits per heavy atom. The van der Waals surface area contributed by atoms with E-state index in [0.717, 1.165) is 52.0 Å². The first kappa shape index (κ1) is 40.9. The van der Waals surface area contributed by atoms with Gasteiger partial charge in [0.1, 0.15) is 0 Å². The first-order valence-corrected chi connectivity index (χ1v) is 26.3. The topological polar surface area (TPSA) is 25.8 Å². The summed E-state index contributed by atoms with van der Waals surface area (Å²) in [5.74, 6) is 0.709. The molecule has 3 heteroatoms. The van der Waals surface area contributed by atoms with Gasteiger partial charge < -0.3 is 0 Å². The van der Waals surface area contributed by atoms with E-state index in [4.69, 9.17) is 9.97 Å². The van der Waals surface area contributed by atoms with E-state index in [0.29, 0.717) is 5.82 Å². The normalized spacial score (nSPS) is 14.6. The van der Waals surface area contributed by atoms with E-state index in [1.54, 1.807) is 0 Å². The van der Waals surface area contributed by atoms with E-state index in [2.05, 4.69) is 243 Å². The van der Waals surface area contributed by atoms with Gasteiger partial charge in [-0.25, -0.2) is 9.97 Å². The van der Waals surface area contributed by atoms with Crippen molar-refractivity contribution >= 4 is 37.6 Å². The van der Waals surface area contributed by atoms with Crippen molar-refractivity contribution in [3.63, 3.8) is 0 Å². The van der Waals surface area contributed by atoms with Gasteiger partial charge in [0.25, 0.3) is 0 Å². The summed E-state index contributed by atoms with van der Waals surface area (Å²) in [6.45, 7) is 0. The van der Waals surface area contributed by atoms with Crippen LogP contribution in [-0.4, -0.2) is 9.97 Å². The summed E-state index contributed by atoms with van der Waals surface area (Å²) in [6.07, 6.45) is 6.68. The smallest absolute Gasteiger partial charge is 0.160 e. The number of allylic oxidation sites excluding steroid dienone is 1. The van der Waals surface area contributed by atoms with E-state index in [9.17, 15) is 0 Å². The zero-order valence-corrected chi connectivity index (χ0v) is 40.6. The highest BCUT2D eigenvalue weighted by atomic mass is 32.1. The van der Waals surface area contributed by atoms with Gasteiger partial charge >= 0.3 is 0 Å². The molecule has 0 fully saturated rings. The van der Waals surface area contributed by atoms with Crippen LogP contribution in [0.4, 0.5) is 0 Å². The fourth-order valence-electron chi connectivity index (χ4n) is 13.7. The second-order valence-corrected chi connectivity index (χ2v) is 21.2. The van der Waals surface area contributed by atoms with Crippen molar-refractivity contribution in [1.29, 1.82) is 0 Å². The van der Waals surface area contributed by atoms with Crippen LogP contribution in [0, 0.1) is 0 Å². The number of benzene rings is 10. The number of aryl methyl sites for hydroxylation is 1. The van der Waals surface area contributed by atoms with Crippen molar-refractivity contribution in [2.75, 3.05) is 0 Å². The number of fused-ring (bicyclic) bond motifs is 21. The monoisotopic (exact) mass is 944 g/mol. The summed E-state index contributed by atoms with van der Waals surface area (Å²) >= 11 is 1.91. The van der Waals surface area contributed by atoms with Crippen LogP contribution in [0.5, 0.6) is 0 Å². The molecule has 2 heterocycles. The van der Waals surface area contributed by atoms with Gasteiger partial charge in [-0.3, -0.25) is 0 Å². The number of thiophene rings is 1. The second kappa shape index (κ2) is 15.4. The average molecular weight is 945 g/mol. The lowest BCUT2D eigenvalue weighted by atomic mass is 9.52. The molecule has 0 saturated heterocycles. The standard InChI is InChI=1S/C70H44N2S/c1-2-18-44(19-3-1)62-42-63(48-34-33-43-17-4-5-20-45(43)39-48)72-68(71-62)49-22-16-21-46(40-49)47-35-36-52-53-37-38-65-66(54-25-8-15-32-64(54)73-65)67(53)70(61(52)41-47)59-30-13-11-28-57(59)69(58-29-12-14-31-60(58)70)55-26-9-6-23-50(55)51-24-7-10-27-56(51)69/h1-3,5-16,18-42H,4,17H2. The SMILES string of the molecule is C1=Cc2cc(-c3cc(-c4ccccc4)nc(-c4cccc(-c5ccc6c(c5)C5(c7ccccc7C7(c8ccccc8-c8ccccc87)c7ccccc75)c5c-6ccc6sc7ccccc7c56)c4)n3)ccc2CC1. The predicted molar refractivity (Wildman–Crippen MR) is 302 cm³/mol. The molecule has 12 aromatic rings. The lowest BCUT2D eigenvalue weighted by Crippen LogP contribution is -2.43. The van der Waals surface area contributed by atoms with Crippen molar-refractivity contribution in [3.8, 4) is 67.3 Å². The third-order valence-electron chi connectivity index (χ3n) is 16.6. The van der Waals surface area contributed by atoms with Crippen LogP contribution in [-0.2, 0) is 17.3 Å². The molecule has 0 bridgehead atoms. The van der Waals surface area contributed by atoms with Crippen LogP contribution in [0.2, 0.25) is 0 Å². The first-order chi connectivity index (χ1) is 36.2. The molecule has 0 unspecified atom stereocenters. The number of hydrogen-bond acceptors (Lipinski definition) is 3. The molecule has 0 aliphatic heterocycles. The Morgan fingerprint density at radius 2 is 0.945 bits per heavy atom. The number of hydrogen-bond donors (Lipinski definition) is 0. The maximum atomic E-state index is 5.37. The lowest BCUT2D eigenvalue weighted by molar-refractivity contribution is 0.636. The molecular weight excluding hydrogens is 901 g/mol. The molecule has 73 heavy (non-hydrogen) atoms. The predicted octanol–water partition coefficient (Wildman–Crippen LogP) is 17.5. The van der Waals surface area contributed by atoms with Crippen molar-refractivity contribution in [3.05, 3.63) is 292 Å². The first-order valence-electron chi connectivity index (χ1n) is 25.5. The van der Waals surface area contributed by atoms with Crippen molar-refractivity contribution in [2.24, 2.45) is 0 Å². The minimum Gasteiger partial charge on any atom is -0.228 e. The summed E-state index contributed by atoms with van der Waals surface area (Å²) in [4.78, 5) is 10.7. The third-order valence-corrected chi connectivity index (χ3v) is 17.8. The molecule has 340 valence electrons. The molecule has 4 aliphatic rings. The molecule has 16 rings (SSSR count). The van der Waals surface area contributed by atoms with E-state index >= 15 is 0 Å². The number of nitrogens with zero attached hydrogens (tertiary/aromatic N) is 2. The van der Waals surface area contributed by atoms with Crippen LogP contribution in [0.1, 0.15) is 62.1 Å². The van der Waals surface area contributed by atoms with Gasteiger partial charge in [-0.05, 0) is 138 Å². The zero-order valence-electron chi connectivity index (χ0n) is 39.8. The van der Waals surface area contributed by atoms with E-state index in [-0.39, 0.29) is 0 Å². The van der Waals surface area contributed by atoms with Crippen molar-refractivity contribution in [1.82, 2.24) is 9.97 Å². The molecule has 0 saturated carbocycles. The van der Waals surface area contributed by atoms with Crippen LogP contribution in [0.3, 0.4) is 0 Å². The minimum atomic E-state index is -0.654. The summed E-state index contributed by atoms with van der Waals surface area (Å²) < 4.78 is 2.63. The maximum Gasteiger partial charge on any atom is 0.160 e. The Balaban J connectivity index is 0.947. The Labute approximate surface area is 428 Å². The Bertz CT molecular complexity index is 4250. The minimum absolute atomic E-state index is 0.520. The molecule has 4 aliphatic carbocycles. The second-order valence-electron chi connectivity index (χ2n) is 20.2. The number of rotatable bonds is 4. The molecule has 0 atom stereocenters. The van der Waals surface area contributed by atoms with Gasteiger partial charge in [-0.2, -0.15) is 0 Å². The van der Waals surface area contributed by atoms with Gasteiger partial charge in [0.2, 0.25) is 0 Å². The largest absolute Gasteiger partial charge is 0.228 e. The zero-order chi connectivity index (χ0) is 47.8. The van der Waals surface area contributed by atoms with Crippen LogP contribution in [0.25, 0.3) is 93.5 Å². The van der Waals surface area contributed by atoms with Gasteiger partial charge in [-0.15, -0.1) is 11.3 Å². The fraction of sp³-hybridized carbons (Fsp3) is 0.0571. The lowest BCUT2D eigenvalue weighted by Gasteiger charge is -2.49. The van der Waals surface area contributed by atoms with Crippen LogP contribution >= 0.6 is 11.3 Å². The van der Waals surface area contributed by atoms with E-state index in [1.165, 1.54) is 98.1 Å². The summed E-state index contributed by atoms with van der Waals surface area (Å²) in [7, 11) is 0. The summed E-state index contributed by atoms with van der Waals surface area (Å²) in [5, 5.41) is 2.67. The van der Waals surface area contributed by atoms with Crippen LogP contribution < -0.4 is 0 Å². The highest BCUT2D eigenvalue weighted by Gasteiger charge is 2.59. The average Bonchev–Trinajstić information content (AvgIpc) is 4.15. The molecule has 2 aromatic heterocycles. The molecular formula is C70H44N2S.